The summed E-state index contributed by atoms with van der Waals surface area (Å²) in [5.74, 6) is 0.200. The number of hydrogen-bond donors (Lipinski definition) is 1. The number of hydrogen-bond acceptors (Lipinski definition) is 3. The van der Waals surface area contributed by atoms with Crippen LogP contribution in [0, 0.1) is 5.92 Å². The molecule has 1 fully saturated rings. The predicted molar refractivity (Wildman–Crippen MR) is 170 cm³/mol. The van der Waals surface area contributed by atoms with Crippen molar-refractivity contribution in [3.05, 3.63) is 120 Å². The van der Waals surface area contributed by atoms with E-state index in [1.165, 1.54) is 9.97 Å². The van der Waals surface area contributed by atoms with Gasteiger partial charge in [-0.25, -0.2) is 9.97 Å². The van der Waals surface area contributed by atoms with Gasteiger partial charge in [0.1, 0.15) is 0 Å². The summed E-state index contributed by atoms with van der Waals surface area (Å²) in [6.45, 7) is 2.11. The molecule has 0 bridgehead atoms. The van der Waals surface area contributed by atoms with Gasteiger partial charge in [-0.1, -0.05) is 79.7 Å². The first-order chi connectivity index (χ1) is 22.3. The number of nitrogens with two attached hydrogens (primary N) is 1. The predicted octanol–water partition coefficient (Wildman–Crippen LogP) is 10.00. The number of halogens is 6. The summed E-state index contributed by atoms with van der Waals surface area (Å²) in [5, 5.41) is 0. The van der Waals surface area contributed by atoms with Gasteiger partial charge in [-0.3, -0.25) is 4.40 Å². The second-order valence-corrected chi connectivity index (χ2v) is 12.4. The van der Waals surface area contributed by atoms with Crippen LogP contribution in [0.1, 0.15) is 49.4 Å². The molecule has 0 amide bonds. The molecule has 47 heavy (non-hydrogen) atoms. The molecule has 0 saturated heterocycles. The Hall–Kier alpha value is -4.70. The van der Waals surface area contributed by atoms with E-state index >= 15 is 0 Å². The van der Waals surface area contributed by atoms with Crippen LogP contribution in [0.4, 0.5) is 26.3 Å². The molecule has 4 nitrogen and oxygen atoms in total. The number of rotatable bonds is 5. The molecule has 3 aromatic carbocycles. The Morgan fingerprint density at radius 3 is 1.85 bits per heavy atom. The minimum absolute atomic E-state index is 0.0503. The van der Waals surface area contributed by atoms with Gasteiger partial charge in [-0.15, -0.1) is 0 Å². The maximum Gasteiger partial charge on any atom is 0.416 e. The summed E-state index contributed by atoms with van der Waals surface area (Å²) in [7, 11) is 0. The third-order valence-corrected chi connectivity index (χ3v) is 9.29. The molecule has 2 aliphatic rings. The third kappa shape index (κ3) is 5.65. The lowest BCUT2D eigenvalue weighted by atomic mass is 9.68. The molecule has 0 radical (unpaired) electrons. The zero-order valence-electron chi connectivity index (χ0n) is 25.3. The molecule has 10 heteroatoms. The summed E-state index contributed by atoms with van der Waals surface area (Å²) in [6.07, 6.45) is -0.464. The summed E-state index contributed by atoms with van der Waals surface area (Å²) in [5.41, 5.74) is 8.32. The van der Waals surface area contributed by atoms with E-state index in [1.807, 2.05) is 36.4 Å². The summed E-state index contributed by atoms with van der Waals surface area (Å²) in [4.78, 5) is 9.76. The third-order valence-electron chi connectivity index (χ3n) is 9.29. The lowest BCUT2D eigenvalue weighted by molar-refractivity contribution is -0.143. The fourth-order valence-corrected chi connectivity index (χ4v) is 6.61. The number of imidazole rings is 1. The van der Waals surface area contributed by atoms with E-state index in [0.29, 0.717) is 16.8 Å². The molecule has 2 heterocycles. The molecule has 2 aliphatic carbocycles. The topological polar surface area (TPSA) is 56.2 Å². The maximum atomic E-state index is 14.0. The fourth-order valence-electron chi connectivity index (χ4n) is 6.61. The Bertz CT molecular complexity index is 2000. The highest BCUT2D eigenvalue weighted by atomic mass is 19.4. The van der Waals surface area contributed by atoms with E-state index in [-0.39, 0.29) is 40.3 Å². The average Bonchev–Trinajstić information content (AvgIpc) is 3.41. The van der Waals surface area contributed by atoms with Gasteiger partial charge in [0.05, 0.1) is 28.2 Å². The quantitative estimate of drug-likeness (QED) is 0.194. The van der Waals surface area contributed by atoms with Crippen LogP contribution >= 0.6 is 0 Å². The van der Waals surface area contributed by atoms with Crippen LogP contribution in [0.2, 0.25) is 0 Å². The number of alkyl halides is 6. The van der Waals surface area contributed by atoms with Crippen molar-refractivity contribution >= 4 is 11.4 Å². The van der Waals surface area contributed by atoms with Gasteiger partial charge in [0.25, 0.3) is 0 Å². The second kappa shape index (κ2) is 11.2. The first-order valence-electron chi connectivity index (χ1n) is 15.4. The van der Waals surface area contributed by atoms with Gasteiger partial charge in [-0.2, -0.15) is 26.3 Å². The highest BCUT2D eigenvalue weighted by Crippen LogP contribution is 2.45. The van der Waals surface area contributed by atoms with Crippen LogP contribution in [0.15, 0.2) is 103 Å². The molecule has 2 N–H and O–H groups in total. The number of allylic oxidation sites excluding steroid dienone is 3. The molecule has 0 aliphatic heterocycles. The van der Waals surface area contributed by atoms with Gasteiger partial charge in [0, 0.05) is 28.4 Å². The minimum atomic E-state index is -5.01. The lowest BCUT2D eigenvalue weighted by Gasteiger charge is -2.42. The van der Waals surface area contributed by atoms with Gasteiger partial charge in [0.2, 0.25) is 5.78 Å². The monoisotopic (exact) mass is 644 g/mol. The molecule has 0 spiro atoms. The molecule has 1 saturated carbocycles. The molecular formula is C37H30F6N4. The standard InChI is InChI=1S/C37H30F6N4/c1-22-17-26(35(44)15-8-16-35)13-14-29(22)32-30(23-9-4-2-5-10-23)21-47-33(31(45-34(47)46-32)24-11-6-3-7-12-24)25-18-27(36(38,39)40)20-28(19-25)37(41,42)43/h2-7,9-14,18-22H,8,15-17,44H2,1H3. The Morgan fingerprint density at radius 1 is 0.745 bits per heavy atom. The van der Waals surface area contributed by atoms with Crippen LogP contribution < -0.4 is 5.73 Å². The number of fused-ring (bicyclic) bond motifs is 1. The molecule has 7 rings (SSSR count). The van der Waals surface area contributed by atoms with Crippen molar-refractivity contribution in [3.8, 4) is 33.6 Å². The lowest BCUT2D eigenvalue weighted by Crippen LogP contribution is -2.48. The Kier molecular flexibility index (Phi) is 7.39. The Morgan fingerprint density at radius 2 is 1.32 bits per heavy atom. The summed E-state index contributed by atoms with van der Waals surface area (Å²) >= 11 is 0. The van der Waals surface area contributed by atoms with E-state index in [2.05, 4.69) is 13.0 Å². The maximum absolute atomic E-state index is 14.0. The van der Waals surface area contributed by atoms with Crippen LogP contribution in [0.3, 0.4) is 0 Å². The molecule has 5 aromatic rings. The average molecular weight is 645 g/mol. The van der Waals surface area contributed by atoms with E-state index in [0.717, 1.165) is 49.0 Å². The van der Waals surface area contributed by atoms with Crippen molar-refractivity contribution in [1.29, 1.82) is 0 Å². The Labute approximate surface area is 267 Å². The molecular weight excluding hydrogens is 614 g/mol. The van der Waals surface area contributed by atoms with Crippen molar-refractivity contribution in [2.24, 2.45) is 11.7 Å². The van der Waals surface area contributed by atoms with Gasteiger partial charge in [-0.05, 0) is 66.5 Å². The largest absolute Gasteiger partial charge is 0.416 e. The zero-order valence-corrected chi connectivity index (χ0v) is 25.3. The van der Waals surface area contributed by atoms with E-state index in [4.69, 9.17) is 15.7 Å². The molecule has 2 aromatic heterocycles. The van der Waals surface area contributed by atoms with Gasteiger partial charge >= 0.3 is 12.4 Å². The zero-order chi connectivity index (χ0) is 33.1. The highest BCUT2D eigenvalue weighted by molar-refractivity contribution is 5.86. The second-order valence-electron chi connectivity index (χ2n) is 12.4. The fraction of sp³-hybridized carbons (Fsp3) is 0.243. The van der Waals surface area contributed by atoms with E-state index in [1.54, 1.807) is 36.5 Å². The first kappa shape index (κ1) is 30.9. The van der Waals surface area contributed by atoms with Gasteiger partial charge < -0.3 is 5.73 Å². The van der Waals surface area contributed by atoms with Crippen LogP contribution in [0.25, 0.3) is 45.0 Å². The minimum Gasteiger partial charge on any atom is -0.322 e. The smallest absolute Gasteiger partial charge is 0.322 e. The van der Waals surface area contributed by atoms with Crippen LogP contribution in [-0.4, -0.2) is 19.9 Å². The molecule has 240 valence electrons. The van der Waals surface area contributed by atoms with Crippen molar-refractivity contribution in [2.45, 2.75) is 50.5 Å². The number of nitrogens with zero attached hydrogens (tertiary/aromatic N) is 3. The SMILES string of the molecule is CC1CC(C2(N)CCC2)=CC=C1c1nc2nc(-c3ccccc3)c(-c3cc(C(F)(F)F)cc(C(F)(F)F)c3)n2cc1-c1ccccc1. The molecule has 1 atom stereocenters. The highest BCUT2D eigenvalue weighted by Gasteiger charge is 2.39. The normalized spacial score (nSPS) is 18.1. The summed E-state index contributed by atoms with van der Waals surface area (Å²) < 4.78 is 85.5. The van der Waals surface area contributed by atoms with Crippen LogP contribution in [-0.2, 0) is 12.4 Å². The van der Waals surface area contributed by atoms with Crippen molar-refractivity contribution in [2.75, 3.05) is 0 Å². The number of aromatic nitrogens is 3. The summed E-state index contributed by atoms with van der Waals surface area (Å²) in [6, 6.07) is 19.6. The van der Waals surface area contributed by atoms with E-state index < -0.39 is 23.5 Å². The van der Waals surface area contributed by atoms with Gasteiger partial charge in [0.15, 0.2) is 0 Å². The van der Waals surface area contributed by atoms with Crippen molar-refractivity contribution in [3.63, 3.8) is 0 Å². The first-order valence-corrected chi connectivity index (χ1v) is 15.4. The Balaban J connectivity index is 1.52. The van der Waals surface area contributed by atoms with E-state index in [9.17, 15) is 26.3 Å². The van der Waals surface area contributed by atoms with Crippen LogP contribution in [0.5, 0.6) is 0 Å². The number of benzene rings is 3. The molecule has 1 unspecified atom stereocenters. The van der Waals surface area contributed by atoms with Crippen molar-refractivity contribution in [1.82, 2.24) is 14.4 Å². The van der Waals surface area contributed by atoms with Crippen molar-refractivity contribution < 1.29 is 26.3 Å².